The molecule has 306 valence electrons. The number of carbonyl (C=O) groups excluding carboxylic acids is 1. The summed E-state index contributed by atoms with van der Waals surface area (Å²) in [5.74, 6) is -0.880. The van der Waals surface area contributed by atoms with Crippen LogP contribution in [-0.2, 0) is 14.9 Å². The van der Waals surface area contributed by atoms with E-state index in [1.165, 1.54) is 193 Å². The summed E-state index contributed by atoms with van der Waals surface area (Å²) in [5, 5.41) is 13.4. The van der Waals surface area contributed by atoms with Crippen molar-refractivity contribution in [1.82, 2.24) is 5.32 Å². The number of aliphatic hydroxyl groups is 1. The van der Waals surface area contributed by atoms with Crippen molar-refractivity contribution in [1.29, 1.82) is 0 Å². The topological polar surface area (TPSA) is 104 Å². The van der Waals surface area contributed by atoms with Crippen molar-refractivity contribution < 1.29 is 22.9 Å². The lowest BCUT2D eigenvalue weighted by Crippen LogP contribution is -2.47. The predicted octanol–water partition coefficient (Wildman–Crippen LogP) is 13.6. The van der Waals surface area contributed by atoms with Crippen molar-refractivity contribution in [3.05, 3.63) is 0 Å². The zero-order valence-corrected chi connectivity index (χ0v) is 35.1. The number of aliphatic hydroxyl groups excluding tert-OH is 1. The first-order valence-electron chi connectivity index (χ1n) is 22.7. The molecule has 6 nitrogen and oxygen atoms in total. The van der Waals surface area contributed by atoms with Crippen LogP contribution in [0.2, 0.25) is 0 Å². The molecule has 0 heterocycles. The minimum Gasteiger partial charge on any atom is -0.391 e. The summed E-state index contributed by atoms with van der Waals surface area (Å²) < 4.78 is 32.6. The first-order valence-corrected chi connectivity index (χ1v) is 24.3. The molecule has 0 aliphatic heterocycles. The van der Waals surface area contributed by atoms with Crippen molar-refractivity contribution in [3.8, 4) is 0 Å². The Morgan fingerprint density at radius 3 is 0.980 bits per heavy atom. The van der Waals surface area contributed by atoms with Crippen LogP contribution >= 0.6 is 0 Å². The number of carbonyl (C=O) groups is 1. The highest BCUT2D eigenvalue weighted by atomic mass is 32.2. The van der Waals surface area contributed by atoms with Gasteiger partial charge in [0.05, 0.1) is 17.9 Å². The number of amides is 1. The van der Waals surface area contributed by atoms with E-state index in [9.17, 15) is 22.9 Å². The molecule has 2 atom stereocenters. The molecule has 0 aliphatic carbocycles. The van der Waals surface area contributed by atoms with E-state index in [4.69, 9.17) is 0 Å². The van der Waals surface area contributed by atoms with Crippen molar-refractivity contribution in [2.45, 2.75) is 270 Å². The molecule has 0 radical (unpaired) electrons. The fourth-order valence-electron chi connectivity index (χ4n) is 7.40. The average Bonchev–Trinajstić information content (AvgIpc) is 3.09. The van der Waals surface area contributed by atoms with Crippen LogP contribution in [-0.4, -0.2) is 41.9 Å². The molecule has 0 aromatic carbocycles. The fraction of sp³-hybridized carbons (Fsp3) is 0.977. The maximum absolute atomic E-state index is 12.5. The molecular weight excluding hydrogens is 655 g/mol. The second-order valence-electron chi connectivity index (χ2n) is 16.0. The third-order valence-electron chi connectivity index (χ3n) is 10.8. The van der Waals surface area contributed by atoms with Gasteiger partial charge in [0, 0.05) is 6.42 Å². The Labute approximate surface area is 319 Å². The molecule has 1 amide bonds. The summed E-state index contributed by atoms with van der Waals surface area (Å²) in [7, 11) is -4.30. The second kappa shape index (κ2) is 39.0. The number of nitrogens with one attached hydrogen (secondary N) is 1. The van der Waals surface area contributed by atoms with Crippen molar-refractivity contribution in [2.75, 3.05) is 5.75 Å². The van der Waals surface area contributed by atoms with Gasteiger partial charge in [-0.15, -0.1) is 0 Å². The zero-order valence-electron chi connectivity index (χ0n) is 34.3. The first kappa shape index (κ1) is 50.3. The van der Waals surface area contributed by atoms with Gasteiger partial charge in [-0.2, -0.15) is 8.42 Å². The van der Waals surface area contributed by atoms with E-state index < -0.39 is 28.0 Å². The monoisotopic (exact) mass is 744 g/mol. The molecule has 2 unspecified atom stereocenters. The molecule has 0 rings (SSSR count). The van der Waals surface area contributed by atoms with Gasteiger partial charge >= 0.3 is 0 Å². The summed E-state index contributed by atoms with van der Waals surface area (Å²) in [6, 6.07) is -0.964. The quantitative estimate of drug-likeness (QED) is 0.0426. The van der Waals surface area contributed by atoms with E-state index >= 15 is 0 Å². The van der Waals surface area contributed by atoms with Gasteiger partial charge < -0.3 is 10.4 Å². The van der Waals surface area contributed by atoms with Gasteiger partial charge in [-0.05, 0) is 12.8 Å². The Bertz CT molecular complexity index is 820. The molecule has 0 saturated carbocycles. The Kier molecular flexibility index (Phi) is 38.5. The predicted molar refractivity (Wildman–Crippen MR) is 221 cm³/mol. The van der Waals surface area contributed by atoms with Gasteiger partial charge in [-0.3, -0.25) is 9.35 Å². The molecule has 0 fully saturated rings. The van der Waals surface area contributed by atoms with Crippen LogP contribution in [0.15, 0.2) is 0 Å². The number of rotatable bonds is 42. The number of hydrogen-bond acceptors (Lipinski definition) is 4. The van der Waals surface area contributed by atoms with Gasteiger partial charge in [-0.1, -0.05) is 239 Å². The summed E-state index contributed by atoms with van der Waals surface area (Å²) in [6.45, 7) is 4.54. The Morgan fingerprint density at radius 1 is 0.451 bits per heavy atom. The van der Waals surface area contributed by atoms with Crippen LogP contribution in [0.25, 0.3) is 0 Å². The highest BCUT2D eigenvalue weighted by molar-refractivity contribution is 7.85. The molecule has 3 N–H and O–H groups in total. The standard InChI is InChI=1S/C44H89NO5S/c1-3-5-7-9-11-13-15-17-19-20-21-22-23-24-26-27-29-31-33-35-37-39-43(46)42(41-51(48,49)50)45-44(47)40-38-36-34-32-30-28-25-18-16-14-12-10-8-6-4-2/h42-43,46H,3-41H2,1-2H3,(H,45,47)(H,48,49,50). The largest absolute Gasteiger partial charge is 0.391 e. The molecule has 0 spiro atoms. The Balaban J connectivity index is 3.75. The smallest absolute Gasteiger partial charge is 0.266 e. The van der Waals surface area contributed by atoms with E-state index in [1.807, 2.05) is 0 Å². The van der Waals surface area contributed by atoms with Gasteiger partial charge in [0.25, 0.3) is 10.1 Å². The highest BCUT2D eigenvalue weighted by Crippen LogP contribution is 2.17. The van der Waals surface area contributed by atoms with E-state index in [0.717, 1.165) is 38.5 Å². The lowest BCUT2D eigenvalue weighted by Gasteiger charge is -2.23. The summed E-state index contributed by atoms with van der Waals surface area (Å²) >= 11 is 0. The van der Waals surface area contributed by atoms with Crippen molar-refractivity contribution in [2.24, 2.45) is 0 Å². The van der Waals surface area contributed by atoms with Gasteiger partial charge in [0.2, 0.25) is 5.91 Å². The maximum atomic E-state index is 12.5. The number of hydrogen-bond donors (Lipinski definition) is 3. The third kappa shape index (κ3) is 40.4. The normalized spacial score (nSPS) is 13.1. The number of unbranched alkanes of at least 4 members (excludes halogenated alkanes) is 34. The van der Waals surface area contributed by atoms with Crippen LogP contribution in [0.3, 0.4) is 0 Å². The van der Waals surface area contributed by atoms with E-state index in [2.05, 4.69) is 19.2 Å². The second-order valence-corrected chi connectivity index (χ2v) is 17.5. The average molecular weight is 744 g/mol. The molecule has 0 aromatic rings. The molecule has 0 aromatic heterocycles. The molecule has 7 heteroatoms. The van der Waals surface area contributed by atoms with E-state index in [1.54, 1.807) is 0 Å². The van der Waals surface area contributed by atoms with Crippen molar-refractivity contribution >= 4 is 16.0 Å². The van der Waals surface area contributed by atoms with Crippen LogP contribution in [0, 0.1) is 0 Å². The van der Waals surface area contributed by atoms with Gasteiger partial charge in [0.15, 0.2) is 0 Å². The minimum atomic E-state index is -4.30. The maximum Gasteiger partial charge on any atom is 0.266 e. The minimum absolute atomic E-state index is 0.240. The van der Waals surface area contributed by atoms with Crippen LogP contribution in [0.5, 0.6) is 0 Å². The lowest BCUT2D eigenvalue weighted by molar-refractivity contribution is -0.122. The first-order chi connectivity index (χ1) is 24.8. The van der Waals surface area contributed by atoms with Crippen molar-refractivity contribution in [3.63, 3.8) is 0 Å². The fourth-order valence-corrected chi connectivity index (χ4v) is 8.16. The molecular formula is C44H89NO5S. The van der Waals surface area contributed by atoms with Crippen LogP contribution < -0.4 is 5.32 Å². The summed E-state index contributed by atoms with van der Waals surface area (Å²) in [4.78, 5) is 12.5. The zero-order chi connectivity index (χ0) is 37.5. The van der Waals surface area contributed by atoms with Crippen LogP contribution in [0.1, 0.15) is 258 Å². The molecule has 0 bridgehead atoms. The van der Waals surface area contributed by atoms with Crippen LogP contribution in [0.4, 0.5) is 0 Å². The van der Waals surface area contributed by atoms with Gasteiger partial charge in [0.1, 0.15) is 0 Å². The molecule has 0 aliphatic rings. The Morgan fingerprint density at radius 2 is 0.706 bits per heavy atom. The highest BCUT2D eigenvalue weighted by Gasteiger charge is 2.26. The van der Waals surface area contributed by atoms with Gasteiger partial charge in [-0.25, -0.2) is 0 Å². The molecule has 0 saturated heterocycles. The summed E-state index contributed by atoms with van der Waals surface area (Å²) in [5.41, 5.74) is 0. The molecule has 51 heavy (non-hydrogen) atoms. The third-order valence-corrected chi connectivity index (χ3v) is 11.6. The Hall–Kier alpha value is -0.660. The SMILES string of the molecule is CCCCCCCCCCCCCCCCCCCCCCCC(O)C(CS(=O)(=O)O)NC(=O)CCCCCCCCCCCCCCCCC. The van der Waals surface area contributed by atoms with E-state index in [0.29, 0.717) is 12.8 Å². The lowest BCUT2D eigenvalue weighted by atomic mass is 10.0. The summed E-state index contributed by atoms with van der Waals surface area (Å²) in [6.07, 6.45) is 46.3. The van der Waals surface area contributed by atoms with E-state index in [-0.39, 0.29) is 5.91 Å².